The molecule has 0 unspecified atom stereocenters. The van der Waals surface area contributed by atoms with Crippen LogP contribution in [0.25, 0.3) is 16.9 Å². The van der Waals surface area contributed by atoms with Gasteiger partial charge in [-0.2, -0.15) is 0 Å². The van der Waals surface area contributed by atoms with E-state index in [4.69, 9.17) is 4.74 Å². The number of nitrogens with zero attached hydrogens (tertiary/aromatic N) is 5. The number of piperazine rings is 1. The van der Waals surface area contributed by atoms with Crippen LogP contribution in [0.1, 0.15) is 5.56 Å². The number of imidazole rings is 1. The van der Waals surface area contributed by atoms with Gasteiger partial charge >= 0.3 is 6.36 Å². The summed E-state index contributed by atoms with van der Waals surface area (Å²) >= 11 is 0. The van der Waals surface area contributed by atoms with Gasteiger partial charge in [0.15, 0.2) is 5.65 Å². The van der Waals surface area contributed by atoms with Crippen LogP contribution in [0.3, 0.4) is 0 Å². The van der Waals surface area contributed by atoms with Crippen LogP contribution >= 0.6 is 0 Å². The lowest BCUT2D eigenvalue weighted by atomic mass is 10.1. The minimum atomic E-state index is -4.77. The van der Waals surface area contributed by atoms with Gasteiger partial charge in [-0.1, -0.05) is 30.3 Å². The van der Waals surface area contributed by atoms with Crippen LogP contribution in [0.5, 0.6) is 11.6 Å². The largest absolute Gasteiger partial charge is 0.573 e. The monoisotopic (exact) mass is 515 g/mol. The van der Waals surface area contributed by atoms with Crippen molar-refractivity contribution in [3.8, 4) is 22.9 Å². The molecule has 11 heteroatoms. The van der Waals surface area contributed by atoms with Crippen molar-refractivity contribution in [1.29, 1.82) is 0 Å². The van der Waals surface area contributed by atoms with Crippen molar-refractivity contribution < 1.29 is 27.0 Å². The van der Waals surface area contributed by atoms with Crippen molar-refractivity contribution in [3.05, 3.63) is 78.2 Å². The Labute approximate surface area is 210 Å². The second-order valence-electron chi connectivity index (χ2n) is 8.72. The van der Waals surface area contributed by atoms with Gasteiger partial charge in [0.2, 0.25) is 5.88 Å². The summed E-state index contributed by atoms with van der Waals surface area (Å²) in [7, 11) is 0. The molecule has 2 aromatic carbocycles. The highest BCUT2D eigenvalue weighted by Gasteiger charge is 2.31. The SMILES string of the molecule is Fc1ccccc1CN1CCN(CCOc2ccc3ncc(-c4cccc(OC(F)(F)F)c4)n3n2)CC1. The molecule has 0 radical (unpaired) electrons. The topological polar surface area (TPSA) is 55.1 Å². The number of hydrogen-bond donors (Lipinski definition) is 0. The maximum Gasteiger partial charge on any atom is 0.573 e. The zero-order chi connectivity index (χ0) is 25.8. The van der Waals surface area contributed by atoms with E-state index in [0.29, 0.717) is 48.0 Å². The first-order valence-electron chi connectivity index (χ1n) is 11.9. The lowest BCUT2D eigenvalue weighted by molar-refractivity contribution is -0.274. The minimum absolute atomic E-state index is 0.175. The summed E-state index contributed by atoms with van der Waals surface area (Å²) in [4.78, 5) is 8.80. The molecule has 1 saturated heterocycles. The molecule has 0 N–H and O–H groups in total. The first-order chi connectivity index (χ1) is 17.8. The van der Waals surface area contributed by atoms with Crippen molar-refractivity contribution in [1.82, 2.24) is 24.4 Å². The second kappa shape index (κ2) is 10.7. The van der Waals surface area contributed by atoms with E-state index in [2.05, 4.69) is 24.6 Å². The Morgan fingerprint density at radius 1 is 0.892 bits per heavy atom. The summed E-state index contributed by atoms with van der Waals surface area (Å²) in [6.07, 6.45) is -3.23. The summed E-state index contributed by atoms with van der Waals surface area (Å²) in [5.74, 6) is -0.111. The zero-order valence-electron chi connectivity index (χ0n) is 19.9. The standard InChI is InChI=1S/C26H25F4N5O2/c27-22-7-2-1-4-20(22)18-34-12-10-33(11-13-34)14-15-36-25-9-8-24-31-17-23(35(24)32-25)19-5-3-6-21(16-19)37-26(28,29)30/h1-9,16-17H,10-15,18H2. The molecule has 0 amide bonds. The van der Waals surface area contributed by atoms with Gasteiger partial charge in [-0.15, -0.1) is 18.3 Å². The third-order valence-corrected chi connectivity index (χ3v) is 6.18. The lowest BCUT2D eigenvalue weighted by Crippen LogP contribution is -2.47. The molecule has 3 heterocycles. The Morgan fingerprint density at radius 3 is 2.46 bits per heavy atom. The molecule has 7 nitrogen and oxygen atoms in total. The van der Waals surface area contributed by atoms with Gasteiger partial charge in [-0.3, -0.25) is 9.80 Å². The summed E-state index contributed by atoms with van der Waals surface area (Å²) in [6.45, 7) is 5.12. The van der Waals surface area contributed by atoms with E-state index in [0.717, 1.165) is 26.2 Å². The second-order valence-corrected chi connectivity index (χ2v) is 8.72. The third-order valence-electron chi connectivity index (χ3n) is 6.18. The summed E-state index contributed by atoms with van der Waals surface area (Å²) in [6, 6.07) is 16.0. The first-order valence-corrected chi connectivity index (χ1v) is 11.9. The average molecular weight is 516 g/mol. The van der Waals surface area contributed by atoms with Crippen LogP contribution in [0.15, 0.2) is 66.9 Å². The molecule has 0 bridgehead atoms. The Morgan fingerprint density at radius 2 is 1.68 bits per heavy atom. The number of fused-ring (bicyclic) bond motifs is 1. The van der Waals surface area contributed by atoms with E-state index in [1.807, 2.05) is 12.1 Å². The van der Waals surface area contributed by atoms with Crippen LogP contribution in [-0.4, -0.2) is 70.1 Å². The molecule has 0 spiro atoms. The highest BCUT2D eigenvalue weighted by Crippen LogP contribution is 2.28. The quantitative estimate of drug-likeness (QED) is 0.319. The lowest BCUT2D eigenvalue weighted by Gasteiger charge is -2.34. The summed E-state index contributed by atoms with van der Waals surface area (Å²) in [5.41, 5.74) is 2.24. The Hall–Kier alpha value is -3.70. The maximum atomic E-state index is 13.9. The number of benzene rings is 2. The minimum Gasteiger partial charge on any atom is -0.475 e. The fourth-order valence-corrected chi connectivity index (χ4v) is 4.30. The van der Waals surface area contributed by atoms with Gasteiger partial charge in [0.25, 0.3) is 0 Å². The number of hydrogen-bond acceptors (Lipinski definition) is 6. The van der Waals surface area contributed by atoms with Crippen LogP contribution < -0.4 is 9.47 Å². The molecule has 5 rings (SSSR count). The van der Waals surface area contributed by atoms with Crippen molar-refractivity contribution in [2.24, 2.45) is 0 Å². The molecule has 2 aromatic heterocycles. The molecular weight excluding hydrogens is 490 g/mol. The van der Waals surface area contributed by atoms with E-state index in [9.17, 15) is 17.6 Å². The van der Waals surface area contributed by atoms with Crippen LogP contribution in [-0.2, 0) is 6.54 Å². The maximum absolute atomic E-state index is 13.9. The Kier molecular flexibility index (Phi) is 7.24. The Bertz CT molecular complexity index is 1350. The zero-order valence-corrected chi connectivity index (χ0v) is 19.9. The van der Waals surface area contributed by atoms with Crippen molar-refractivity contribution in [2.75, 3.05) is 39.3 Å². The number of rotatable bonds is 8. The highest BCUT2D eigenvalue weighted by atomic mass is 19.4. The van der Waals surface area contributed by atoms with E-state index >= 15 is 0 Å². The molecule has 0 aliphatic carbocycles. The molecule has 1 fully saturated rings. The number of ether oxygens (including phenoxy) is 2. The van der Waals surface area contributed by atoms with Gasteiger partial charge < -0.3 is 9.47 Å². The number of halogens is 4. The fourth-order valence-electron chi connectivity index (χ4n) is 4.30. The first kappa shape index (κ1) is 25.0. The van der Waals surface area contributed by atoms with Crippen LogP contribution in [0.4, 0.5) is 17.6 Å². The normalized spacial score (nSPS) is 15.2. The van der Waals surface area contributed by atoms with Crippen molar-refractivity contribution >= 4 is 5.65 Å². The fraction of sp³-hybridized carbons (Fsp3) is 0.308. The number of aromatic nitrogens is 3. The van der Waals surface area contributed by atoms with Crippen LogP contribution in [0.2, 0.25) is 0 Å². The van der Waals surface area contributed by atoms with Gasteiger partial charge in [0.1, 0.15) is 18.2 Å². The molecular formula is C26H25F4N5O2. The third kappa shape index (κ3) is 6.36. The van der Waals surface area contributed by atoms with Gasteiger partial charge in [-0.25, -0.2) is 13.9 Å². The van der Waals surface area contributed by atoms with E-state index in [1.54, 1.807) is 30.5 Å². The molecule has 0 saturated carbocycles. The molecule has 37 heavy (non-hydrogen) atoms. The molecule has 1 aliphatic rings. The van der Waals surface area contributed by atoms with Gasteiger partial charge in [-0.05, 0) is 24.3 Å². The molecule has 194 valence electrons. The average Bonchev–Trinajstić information content (AvgIpc) is 3.29. The van der Waals surface area contributed by atoms with Crippen molar-refractivity contribution in [3.63, 3.8) is 0 Å². The highest BCUT2D eigenvalue weighted by molar-refractivity contribution is 5.64. The van der Waals surface area contributed by atoms with Crippen molar-refractivity contribution in [2.45, 2.75) is 12.9 Å². The van der Waals surface area contributed by atoms with E-state index in [1.165, 1.54) is 28.8 Å². The molecule has 0 atom stereocenters. The molecule has 1 aliphatic heterocycles. The number of alkyl halides is 3. The van der Waals surface area contributed by atoms with E-state index in [-0.39, 0.29) is 11.6 Å². The van der Waals surface area contributed by atoms with E-state index < -0.39 is 6.36 Å². The smallest absolute Gasteiger partial charge is 0.475 e. The summed E-state index contributed by atoms with van der Waals surface area (Å²) in [5, 5.41) is 4.47. The predicted octanol–water partition coefficient (Wildman–Crippen LogP) is 4.63. The van der Waals surface area contributed by atoms with Gasteiger partial charge in [0, 0.05) is 56.5 Å². The molecule has 4 aromatic rings. The Balaban J connectivity index is 1.16. The summed E-state index contributed by atoms with van der Waals surface area (Å²) < 4.78 is 63.2. The van der Waals surface area contributed by atoms with Crippen LogP contribution in [0, 0.1) is 5.82 Å². The predicted molar refractivity (Wildman–Crippen MR) is 129 cm³/mol. The van der Waals surface area contributed by atoms with Gasteiger partial charge in [0.05, 0.1) is 11.9 Å².